The fourth-order valence-corrected chi connectivity index (χ4v) is 4.43. The minimum absolute atomic E-state index is 0.304. The number of fused-ring (bicyclic) bond motifs is 1. The number of rotatable bonds is 5. The van der Waals surface area contributed by atoms with Crippen LogP contribution < -0.4 is 0 Å². The van der Waals surface area contributed by atoms with Crippen molar-refractivity contribution in [1.29, 1.82) is 0 Å². The highest BCUT2D eigenvalue weighted by molar-refractivity contribution is 7.89. The Labute approximate surface area is 158 Å². The third-order valence-corrected chi connectivity index (χ3v) is 5.92. The Bertz CT molecular complexity index is 1090. The van der Waals surface area contributed by atoms with Gasteiger partial charge < -0.3 is 0 Å². The minimum Gasteiger partial charge on any atom is -0.232 e. The van der Waals surface area contributed by atoms with Gasteiger partial charge in [0, 0.05) is 6.54 Å². The molecule has 3 rings (SSSR count). The van der Waals surface area contributed by atoms with Crippen LogP contribution in [0.25, 0.3) is 5.65 Å². The molecule has 0 radical (unpaired) electrons. The van der Waals surface area contributed by atoms with E-state index in [1.165, 1.54) is 23.7 Å². The Morgan fingerprint density at radius 3 is 2.36 bits per heavy atom. The van der Waals surface area contributed by atoms with Crippen molar-refractivity contribution in [3.63, 3.8) is 0 Å². The van der Waals surface area contributed by atoms with Crippen LogP contribution in [0.1, 0.15) is 24.2 Å². The van der Waals surface area contributed by atoms with Gasteiger partial charge in [0.15, 0.2) is 10.7 Å². The van der Waals surface area contributed by atoms with Gasteiger partial charge in [0.05, 0.1) is 11.9 Å². The second-order valence-corrected chi connectivity index (χ2v) is 7.90. The van der Waals surface area contributed by atoms with E-state index in [4.69, 9.17) is 0 Å². The SMILES string of the molecule is CCN(C(c1ccc(F)cc1)C(F)(F)F)S(=O)(=O)c1ccc2nc(C)cn2n1. The first-order valence-corrected chi connectivity index (χ1v) is 9.65. The van der Waals surface area contributed by atoms with Crippen molar-refractivity contribution < 1.29 is 26.0 Å². The van der Waals surface area contributed by atoms with Crippen molar-refractivity contribution in [2.24, 2.45) is 0 Å². The summed E-state index contributed by atoms with van der Waals surface area (Å²) >= 11 is 0. The number of alkyl halides is 3. The van der Waals surface area contributed by atoms with Crippen LogP contribution in [0.2, 0.25) is 0 Å². The quantitative estimate of drug-likeness (QED) is 0.597. The lowest BCUT2D eigenvalue weighted by atomic mass is 10.1. The van der Waals surface area contributed by atoms with E-state index >= 15 is 0 Å². The number of aryl methyl sites for hydroxylation is 1. The molecule has 6 nitrogen and oxygen atoms in total. The Hall–Kier alpha value is -2.53. The fourth-order valence-electron chi connectivity index (χ4n) is 2.90. The molecule has 0 saturated heterocycles. The maximum absolute atomic E-state index is 13.8. The first-order valence-electron chi connectivity index (χ1n) is 8.21. The van der Waals surface area contributed by atoms with Crippen LogP contribution in [0.15, 0.2) is 47.6 Å². The van der Waals surface area contributed by atoms with Crippen molar-refractivity contribution in [3.05, 3.63) is 59.7 Å². The number of sulfonamides is 1. The largest absolute Gasteiger partial charge is 0.409 e. The van der Waals surface area contributed by atoms with Gasteiger partial charge >= 0.3 is 6.18 Å². The van der Waals surface area contributed by atoms with E-state index in [1.807, 2.05) is 0 Å². The summed E-state index contributed by atoms with van der Waals surface area (Å²) in [6, 6.07) is 3.53. The Balaban J connectivity index is 2.12. The van der Waals surface area contributed by atoms with Gasteiger partial charge in [0.1, 0.15) is 11.9 Å². The summed E-state index contributed by atoms with van der Waals surface area (Å²) < 4.78 is 82.1. The molecule has 0 spiro atoms. The molecule has 1 atom stereocenters. The lowest BCUT2D eigenvalue weighted by Crippen LogP contribution is -2.42. The molecule has 2 aromatic heterocycles. The second kappa shape index (κ2) is 7.13. The molecule has 0 saturated carbocycles. The summed E-state index contributed by atoms with van der Waals surface area (Å²) in [5.41, 5.74) is 0.554. The average Bonchev–Trinajstić information content (AvgIpc) is 2.98. The molecule has 0 aliphatic carbocycles. The maximum atomic E-state index is 13.8. The lowest BCUT2D eigenvalue weighted by Gasteiger charge is -2.31. The summed E-state index contributed by atoms with van der Waals surface area (Å²) in [5, 5.41) is 3.36. The van der Waals surface area contributed by atoms with Gasteiger partial charge in [-0.1, -0.05) is 19.1 Å². The smallest absolute Gasteiger partial charge is 0.232 e. The zero-order valence-electron chi connectivity index (χ0n) is 14.9. The average molecular weight is 416 g/mol. The minimum atomic E-state index is -4.92. The molecule has 2 heterocycles. The number of hydrogen-bond acceptors (Lipinski definition) is 4. The molecule has 1 unspecified atom stereocenters. The van der Waals surface area contributed by atoms with E-state index in [-0.39, 0.29) is 5.56 Å². The molecular weight excluding hydrogens is 400 g/mol. The summed E-state index contributed by atoms with van der Waals surface area (Å²) in [5.74, 6) is -0.724. The topological polar surface area (TPSA) is 67.6 Å². The molecule has 11 heteroatoms. The molecule has 1 aromatic carbocycles. The van der Waals surface area contributed by atoms with Gasteiger partial charge in [-0.25, -0.2) is 22.3 Å². The number of benzene rings is 1. The van der Waals surface area contributed by atoms with Crippen molar-refractivity contribution >= 4 is 15.7 Å². The third kappa shape index (κ3) is 3.72. The fraction of sp³-hybridized carbons (Fsp3) is 0.294. The number of imidazole rings is 1. The van der Waals surface area contributed by atoms with Gasteiger partial charge in [0.25, 0.3) is 10.0 Å². The van der Waals surface area contributed by atoms with Crippen molar-refractivity contribution in [2.75, 3.05) is 6.54 Å². The van der Waals surface area contributed by atoms with Gasteiger partial charge in [0.2, 0.25) is 0 Å². The first kappa shape index (κ1) is 20.2. The van der Waals surface area contributed by atoms with Crippen LogP contribution in [-0.2, 0) is 10.0 Å². The predicted octanol–water partition coefficient (Wildman–Crippen LogP) is 3.49. The molecule has 3 aromatic rings. The van der Waals surface area contributed by atoms with Crippen molar-refractivity contribution in [1.82, 2.24) is 18.9 Å². The second-order valence-electron chi connectivity index (χ2n) is 6.06. The Morgan fingerprint density at radius 1 is 1.14 bits per heavy atom. The monoisotopic (exact) mass is 416 g/mol. The van der Waals surface area contributed by atoms with Gasteiger partial charge in [-0.15, -0.1) is 0 Å². The van der Waals surface area contributed by atoms with E-state index in [9.17, 15) is 26.0 Å². The molecule has 0 aliphatic heterocycles. The summed E-state index contributed by atoms with van der Waals surface area (Å²) in [6.07, 6.45) is -3.46. The summed E-state index contributed by atoms with van der Waals surface area (Å²) in [4.78, 5) is 4.11. The Morgan fingerprint density at radius 2 is 1.79 bits per heavy atom. The first-order chi connectivity index (χ1) is 13.0. The van der Waals surface area contributed by atoms with E-state index < -0.39 is 39.6 Å². The van der Waals surface area contributed by atoms with Gasteiger partial charge in [-0.2, -0.15) is 22.6 Å². The van der Waals surface area contributed by atoms with Crippen LogP contribution in [-0.4, -0.2) is 40.0 Å². The van der Waals surface area contributed by atoms with E-state index in [2.05, 4.69) is 10.1 Å². The molecule has 0 N–H and O–H groups in total. The van der Waals surface area contributed by atoms with E-state index in [1.54, 1.807) is 6.92 Å². The van der Waals surface area contributed by atoms with Crippen molar-refractivity contribution in [3.8, 4) is 0 Å². The highest BCUT2D eigenvalue weighted by Crippen LogP contribution is 2.40. The van der Waals surface area contributed by atoms with Crippen LogP contribution in [0.4, 0.5) is 17.6 Å². The normalized spacial score (nSPS) is 14.0. The number of halogens is 4. The zero-order chi connectivity index (χ0) is 20.7. The zero-order valence-corrected chi connectivity index (χ0v) is 15.7. The van der Waals surface area contributed by atoms with Crippen LogP contribution >= 0.6 is 0 Å². The molecule has 0 aliphatic rings. The highest BCUT2D eigenvalue weighted by Gasteiger charge is 2.49. The van der Waals surface area contributed by atoms with Crippen molar-refractivity contribution in [2.45, 2.75) is 31.1 Å². The van der Waals surface area contributed by atoms with Crippen LogP contribution in [0.5, 0.6) is 0 Å². The molecular formula is C17H16F4N4O2S. The van der Waals surface area contributed by atoms with Gasteiger partial charge in [-0.05, 0) is 36.8 Å². The van der Waals surface area contributed by atoms with E-state index in [0.29, 0.717) is 15.6 Å². The van der Waals surface area contributed by atoms with Crippen LogP contribution in [0.3, 0.4) is 0 Å². The maximum Gasteiger partial charge on any atom is 0.409 e. The standard InChI is InChI=1S/C17H16F4N4O2S/c1-3-25(16(17(19,20)21)12-4-6-13(18)7-5-12)28(26,27)15-9-8-14-22-11(2)10-24(14)23-15/h4-10,16H,3H2,1-2H3. The van der Waals surface area contributed by atoms with E-state index in [0.717, 1.165) is 30.3 Å². The summed E-state index contributed by atoms with van der Waals surface area (Å²) in [6.45, 7) is 2.50. The van der Waals surface area contributed by atoms with Crippen LogP contribution in [0, 0.1) is 12.7 Å². The highest BCUT2D eigenvalue weighted by atomic mass is 32.2. The number of aromatic nitrogens is 3. The lowest BCUT2D eigenvalue weighted by molar-refractivity contribution is -0.173. The number of nitrogens with zero attached hydrogens (tertiary/aromatic N) is 4. The third-order valence-electron chi connectivity index (χ3n) is 4.08. The molecule has 0 fully saturated rings. The molecule has 0 bridgehead atoms. The predicted molar refractivity (Wildman–Crippen MR) is 92.5 cm³/mol. The van der Waals surface area contributed by atoms with Gasteiger partial charge in [-0.3, -0.25) is 0 Å². The molecule has 28 heavy (non-hydrogen) atoms. The summed E-state index contributed by atoms with van der Waals surface area (Å²) in [7, 11) is -4.61. The molecule has 150 valence electrons. The molecule has 0 amide bonds. The Kier molecular flexibility index (Phi) is 5.15. The number of hydrogen-bond donors (Lipinski definition) is 0.